The topological polar surface area (TPSA) is 69.6 Å². The Morgan fingerprint density at radius 1 is 1.33 bits per heavy atom. The number of alkyl halides is 2. The van der Waals surface area contributed by atoms with Gasteiger partial charge in [0.2, 0.25) is 0 Å². The van der Waals surface area contributed by atoms with Gasteiger partial charge in [-0.15, -0.1) is 0 Å². The Bertz CT molecular complexity index is 368. The first-order valence-electron chi connectivity index (χ1n) is 4.09. The molecule has 0 fully saturated rings. The molecule has 3 N–H and O–H groups in total. The van der Waals surface area contributed by atoms with Gasteiger partial charge in [0.1, 0.15) is 0 Å². The van der Waals surface area contributed by atoms with Gasteiger partial charge < -0.3 is 15.5 Å². The Hall–Kier alpha value is -1.85. The fourth-order valence-electron chi connectivity index (χ4n) is 0.937. The first kappa shape index (κ1) is 11.2. The number of rotatable bonds is 3. The third kappa shape index (κ3) is 3.08. The van der Waals surface area contributed by atoms with E-state index in [0.29, 0.717) is 0 Å². The zero-order valence-electron chi connectivity index (χ0n) is 7.58. The summed E-state index contributed by atoms with van der Waals surface area (Å²) in [5.74, 6) is -1.58. The van der Waals surface area contributed by atoms with Crippen LogP contribution in [-0.4, -0.2) is 29.1 Å². The third-order valence-electron chi connectivity index (χ3n) is 1.65. The number of hydrogen-bond acceptors (Lipinski definition) is 3. The molecule has 0 atom stereocenters. The van der Waals surface area contributed by atoms with Crippen LogP contribution in [0.15, 0.2) is 18.2 Å². The van der Waals surface area contributed by atoms with Crippen molar-refractivity contribution in [3.8, 4) is 11.5 Å². The highest BCUT2D eigenvalue weighted by atomic mass is 19.3. The van der Waals surface area contributed by atoms with Crippen LogP contribution in [-0.2, 0) is 0 Å². The molecule has 0 unspecified atom stereocenters. The summed E-state index contributed by atoms with van der Waals surface area (Å²) >= 11 is 0. The minimum atomic E-state index is -2.63. The zero-order valence-corrected chi connectivity index (χ0v) is 7.58. The maximum absolute atomic E-state index is 11.8. The van der Waals surface area contributed by atoms with Crippen molar-refractivity contribution in [2.75, 3.05) is 6.54 Å². The summed E-state index contributed by atoms with van der Waals surface area (Å²) in [5, 5.41) is 20.0. The van der Waals surface area contributed by atoms with Crippen molar-refractivity contribution >= 4 is 5.91 Å². The van der Waals surface area contributed by atoms with Crippen molar-refractivity contribution in [2.24, 2.45) is 0 Å². The van der Waals surface area contributed by atoms with E-state index in [2.05, 4.69) is 0 Å². The predicted molar refractivity (Wildman–Crippen MR) is 48.1 cm³/mol. The molecule has 1 aromatic carbocycles. The van der Waals surface area contributed by atoms with Crippen LogP contribution in [0.5, 0.6) is 11.5 Å². The molecule has 0 aliphatic carbocycles. The quantitative estimate of drug-likeness (QED) is 0.664. The van der Waals surface area contributed by atoms with E-state index >= 15 is 0 Å². The summed E-state index contributed by atoms with van der Waals surface area (Å²) < 4.78 is 23.5. The number of hydrogen-bond donors (Lipinski definition) is 3. The molecule has 0 saturated carbocycles. The number of benzene rings is 1. The SMILES string of the molecule is O=C(NCC(F)F)c1ccc(O)c(O)c1. The van der Waals surface area contributed by atoms with Crippen LogP contribution in [0.2, 0.25) is 0 Å². The van der Waals surface area contributed by atoms with Crippen molar-refractivity contribution < 1.29 is 23.8 Å². The molecule has 0 bridgehead atoms. The minimum absolute atomic E-state index is 0.00551. The summed E-state index contributed by atoms with van der Waals surface area (Å²) in [7, 11) is 0. The van der Waals surface area contributed by atoms with Crippen molar-refractivity contribution in [1.29, 1.82) is 0 Å². The van der Waals surface area contributed by atoms with Gasteiger partial charge in [-0.3, -0.25) is 4.79 Å². The first-order chi connectivity index (χ1) is 7.00. The average molecular weight is 217 g/mol. The van der Waals surface area contributed by atoms with Crippen molar-refractivity contribution in [1.82, 2.24) is 5.32 Å². The van der Waals surface area contributed by atoms with Gasteiger partial charge in [0.25, 0.3) is 12.3 Å². The van der Waals surface area contributed by atoms with Crippen LogP contribution in [0.25, 0.3) is 0 Å². The van der Waals surface area contributed by atoms with E-state index < -0.39 is 24.6 Å². The summed E-state index contributed by atoms with van der Waals surface area (Å²) in [6, 6.07) is 3.32. The second kappa shape index (κ2) is 4.59. The minimum Gasteiger partial charge on any atom is -0.504 e. The lowest BCUT2D eigenvalue weighted by molar-refractivity contribution is 0.0891. The Balaban J connectivity index is 2.70. The van der Waals surface area contributed by atoms with E-state index in [0.717, 1.165) is 12.1 Å². The molecule has 1 aromatic rings. The number of amides is 1. The fourth-order valence-corrected chi connectivity index (χ4v) is 0.937. The first-order valence-corrected chi connectivity index (χ1v) is 4.09. The molecule has 0 aliphatic rings. The second-order valence-electron chi connectivity index (χ2n) is 2.80. The number of halogens is 2. The number of aromatic hydroxyl groups is 2. The van der Waals surface area contributed by atoms with Crippen molar-refractivity contribution in [2.45, 2.75) is 6.43 Å². The highest BCUT2D eigenvalue weighted by Crippen LogP contribution is 2.24. The monoisotopic (exact) mass is 217 g/mol. The van der Waals surface area contributed by atoms with Gasteiger partial charge in [-0.1, -0.05) is 0 Å². The number of carbonyl (C=O) groups is 1. The van der Waals surface area contributed by atoms with Gasteiger partial charge in [-0.05, 0) is 18.2 Å². The van der Waals surface area contributed by atoms with Crippen molar-refractivity contribution in [3.05, 3.63) is 23.8 Å². The molecule has 1 rings (SSSR count). The average Bonchev–Trinajstić information content (AvgIpc) is 2.18. The number of nitrogens with one attached hydrogen (secondary N) is 1. The van der Waals surface area contributed by atoms with Crippen molar-refractivity contribution in [3.63, 3.8) is 0 Å². The summed E-state index contributed by atoms with van der Waals surface area (Å²) in [4.78, 5) is 11.2. The molecule has 1 amide bonds. The van der Waals surface area contributed by atoms with Gasteiger partial charge >= 0.3 is 0 Å². The Kier molecular flexibility index (Phi) is 3.43. The van der Waals surface area contributed by atoms with Crippen LogP contribution in [0.4, 0.5) is 8.78 Å². The fraction of sp³-hybridized carbons (Fsp3) is 0.222. The smallest absolute Gasteiger partial charge is 0.255 e. The summed E-state index contributed by atoms with van der Waals surface area (Å²) in [6.07, 6.45) is -2.63. The third-order valence-corrected chi connectivity index (χ3v) is 1.65. The largest absolute Gasteiger partial charge is 0.504 e. The Morgan fingerprint density at radius 2 is 2.00 bits per heavy atom. The zero-order chi connectivity index (χ0) is 11.4. The molecule has 0 saturated heterocycles. The Labute approximate surface area is 84.2 Å². The van der Waals surface area contributed by atoms with Crippen LogP contribution in [0, 0.1) is 0 Å². The molecule has 0 heterocycles. The van der Waals surface area contributed by atoms with E-state index in [-0.39, 0.29) is 11.3 Å². The normalized spacial score (nSPS) is 10.3. The van der Waals surface area contributed by atoms with E-state index in [1.807, 2.05) is 5.32 Å². The maximum Gasteiger partial charge on any atom is 0.255 e. The standard InChI is InChI=1S/C9H9F2NO3/c10-8(11)4-12-9(15)5-1-2-6(13)7(14)3-5/h1-3,8,13-14H,4H2,(H,12,15). The highest BCUT2D eigenvalue weighted by molar-refractivity contribution is 5.94. The molecular formula is C9H9F2NO3. The van der Waals surface area contributed by atoms with Crippen LogP contribution in [0.3, 0.4) is 0 Å². The molecule has 0 radical (unpaired) electrons. The molecule has 4 nitrogen and oxygen atoms in total. The van der Waals surface area contributed by atoms with Gasteiger partial charge in [0.05, 0.1) is 6.54 Å². The number of phenolic OH excluding ortho intramolecular Hbond substituents is 2. The van der Waals surface area contributed by atoms with E-state index in [9.17, 15) is 13.6 Å². The van der Waals surface area contributed by atoms with Gasteiger partial charge in [-0.2, -0.15) is 0 Å². The summed E-state index contributed by atoms with van der Waals surface area (Å²) in [5.41, 5.74) is 0.00551. The second-order valence-corrected chi connectivity index (χ2v) is 2.80. The molecule has 0 spiro atoms. The molecule has 0 aromatic heterocycles. The number of carbonyl (C=O) groups excluding carboxylic acids is 1. The summed E-state index contributed by atoms with van der Waals surface area (Å²) in [6.45, 7) is -0.750. The Morgan fingerprint density at radius 3 is 2.53 bits per heavy atom. The molecule has 0 aliphatic heterocycles. The molecular weight excluding hydrogens is 208 g/mol. The van der Waals surface area contributed by atoms with Crippen LogP contribution < -0.4 is 5.32 Å². The van der Waals surface area contributed by atoms with Crippen LogP contribution in [0.1, 0.15) is 10.4 Å². The lowest BCUT2D eigenvalue weighted by atomic mass is 10.2. The van der Waals surface area contributed by atoms with Crippen LogP contribution >= 0.6 is 0 Å². The van der Waals surface area contributed by atoms with Gasteiger partial charge in [0.15, 0.2) is 11.5 Å². The highest BCUT2D eigenvalue weighted by Gasteiger charge is 2.10. The molecule has 82 valence electrons. The van der Waals surface area contributed by atoms with Gasteiger partial charge in [-0.25, -0.2) is 8.78 Å². The van der Waals surface area contributed by atoms with Gasteiger partial charge in [0, 0.05) is 5.56 Å². The molecule has 6 heteroatoms. The lowest BCUT2D eigenvalue weighted by Gasteiger charge is -2.05. The number of phenols is 2. The van der Waals surface area contributed by atoms with E-state index in [4.69, 9.17) is 10.2 Å². The lowest BCUT2D eigenvalue weighted by Crippen LogP contribution is -2.28. The molecule has 15 heavy (non-hydrogen) atoms. The predicted octanol–water partition coefficient (Wildman–Crippen LogP) is 1.09. The van der Waals surface area contributed by atoms with E-state index in [1.165, 1.54) is 6.07 Å². The van der Waals surface area contributed by atoms with E-state index in [1.54, 1.807) is 0 Å². The maximum atomic E-state index is 11.8.